The highest BCUT2D eigenvalue weighted by Gasteiger charge is 2.43. The molecule has 1 fully saturated rings. The number of nitrogens with zero attached hydrogens (tertiary/aromatic N) is 2. The van der Waals surface area contributed by atoms with Crippen LogP contribution in [0.15, 0.2) is 24.3 Å². The van der Waals surface area contributed by atoms with Crippen molar-refractivity contribution in [3.63, 3.8) is 0 Å². The van der Waals surface area contributed by atoms with Gasteiger partial charge in [-0.1, -0.05) is 73.1 Å². The number of methoxy groups -OCH3 is 3. The third kappa shape index (κ3) is 11.9. The van der Waals surface area contributed by atoms with Gasteiger partial charge in [-0.25, -0.2) is 4.79 Å². The molecule has 1 aliphatic rings. The Morgan fingerprint density at radius 2 is 1.56 bits per heavy atom. The van der Waals surface area contributed by atoms with Crippen LogP contribution in [-0.2, 0) is 39.9 Å². The number of amides is 4. The predicted octanol–water partition coefficient (Wildman–Crippen LogP) is 3.11. The molecule has 1 saturated heterocycles. The molecule has 1 heterocycles. The second kappa shape index (κ2) is 22.0. The topological polar surface area (TPSA) is 176 Å². The van der Waals surface area contributed by atoms with Gasteiger partial charge in [0.25, 0.3) is 0 Å². The van der Waals surface area contributed by atoms with Crippen molar-refractivity contribution >= 4 is 29.6 Å². The summed E-state index contributed by atoms with van der Waals surface area (Å²) in [5, 5.41) is 18.7. The molecule has 0 saturated carbocycles. The quantitative estimate of drug-likeness (QED) is 0.137. The van der Waals surface area contributed by atoms with Gasteiger partial charge in [-0.15, -0.1) is 0 Å². The zero-order chi connectivity index (χ0) is 40.9. The second-order valence-corrected chi connectivity index (χ2v) is 15.2. The maximum absolute atomic E-state index is 14.2. The molecule has 14 heteroatoms. The molecule has 0 bridgehead atoms. The normalized spacial score (nSPS) is 18.9. The molecule has 0 aliphatic carbocycles. The van der Waals surface area contributed by atoms with E-state index < -0.39 is 60.2 Å². The Hall–Kier alpha value is -3.75. The molecular weight excluding hydrogens is 694 g/mol. The van der Waals surface area contributed by atoms with E-state index in [0.29, 0.717) is 37.1 Å². The van der Waals surface area contributed by atoms with Crippen molar-refractivity contribution in [1.29, 1.82) is 0 Å². The first kappa shape index (κ1) is 46.4. The summed E-state index contributed by atoms with van der Waals surface area (Å²) < 4.78 is 17.2. The first-order chi connectivity index (χ1) is 25.5. The lowest BCUT2D eigenvalue weighted by Crippen LogP contribution is -2.59. The number of para-hydroxylation sites is 1. The molecule has 54 heavy (non-hydrogen) atoms. The first-order valence-electron chi connectivity index (χ1n) is 19.2. The molecule has 4 N–H and O–H groups in total. The summed E-state index contributed by atoms with van der Waals surface area (Å²) in [5.74, 6) is -2.90. The lowest BCUT2D eigenvalue weighted by atomic mass is 9.89. The minimum absolute atomic E-state index is 0.0165. The summed E-state index contributed by atoms with van der Waals surface area (Å²) in [6.45, 7) is 13.8. The molecule has 0 aromatic heterocycles. The fraction of sp³-hybridized carbons (Fsp3) is 0.725. The molecule has 1 aliphatic heterocycles. The third-order valence-electron chi connectivity index (χ3n) is 11.0. The zero-order valence-corrected chi connectivity index (χ0v) is 34.5. The number of benzene rings is 1. The van der Waals surface area contributed by atoms with Crippen LogP contribution in [0.5, 0.6) is 5.75 Å². The van der Waals surface area contributed by atoms with E-state index in [4.69, 9.17) is 14.2 Å². The second-order valence-electron chi connectivity index (χ2n) is 15.2. The van der Waals surface area contributed by atoms with Crippen LogP contribution in [0.25, 0.3) is 0 Å². The highest BCUT2D eigenvalue weighted by atomic mass is 16.5. The van der Waals surface area contributed by atoms with Crippen LogP contribution >= 0.6 is 0 Å². The van der Waals surface area contributed by atoms with Gasteiger partial charge in [-0.05, 0) is 49.3 Å². The first-order valence-corrected chi connectivity index (χ1v) is 19.2. The molecule has 1 aromatic carbocycles. The van der Waals surface area contributed by atoms with Crippen LogP contribution in [0, 0.1) is 23.7 Å². The van der Waals surface area contributed by atoms with E-state index in [1.807, 2.05) is 41.5 Å². The van der Waals surface area contributed by atoms with Crippen molar-refractivity contribution in [3.8, 4) is 5.75 Å². The molecule has 4 amide bonds. The van der Waals surface area contributed by atoms with Crippen LogP contribution in [0.1, 0.15) is 79.7 Å². The van der Waals surface area contributed by atoms with Gasteiger partial charge < -0.3 is 45.1 Å². The minimum Gasteiger partial charge on any atom is -0.496 e. The molecular formula is C40H67N5O9. The van der Waals surface area contributed by atoms with Crippen molar-refractivity contribution < 1.29 is 43.3 Å². The molecule has 0 radical (unpaired) electrons. The maximum atomic E-state index is 14.2. The lowest BCUT2D eigenvalue weighted by molar-refractivity contribution is -0.148. The van der Waals surface area contributed by atoms with Gasteiger partial charge in [0.1, 0.15) is 17.8 Å². The number of carbonyl (C=O) groups excluding carboxylic acids is 4. The summed E-state index contributed by atoms with van der Waals surface area (Å²) in [6, 6.07) is 3.66. The Labute approximate surface area is 322 Å². The maximum Gasteiger partial charge on any atom is 0.326 e. The lowest BCUT2D eigenvalue weighted by Gasteiger charge is -2.41. The molecule has 2 rings (SSSR count). The van der Waals surface area contributed by atoms with Gasteiger partial charge in [-0.3, -0.25) is 19.2 Å². The van der Waals surface area contributed by atoms with E-state index in [0.717, 1.165) is 0 Å². The zero-order valence-electron chi connectivity index (χ0n) is 34.5. The number of likely N-dealkylation sites (N-methyl/N-ethyl adjacent to an activating group) is 2. The van der Waals surface area contributed by atoms with Crippen LogP contribution in [0.4, 0.5) is 0 Å². The van der Waals surface area contributed by atoms with Crippen molar-refractivity contribution in [1.82, 2.24) is 25.8 Å². The van der Waals surface area contributed by atoms with E-state index >= 15 is 0 Å². The number of hydrogen-bond acceptors (Lipinski definition) is 9. The van der Waals surface area contributed by atoms with Crippen molar-refractivity contribution in [2.75, 3.05) is 42.0 Å². The van der Waals surface area contributed by atoms with E-state index in [1.54, 1.807) is 55.1 Å². The summed E-state index contributed by atoms with van der Waals surface area (Å²) in [5.41, 5.74) is 0.644. The van der Waals surface area contributed by atoms with Gasteiger partial charge >= 0.3 is 5.97 Å². The number of ether oxygens (including phenoxy) is 3. The number of nitrogens with one attached hydrogen (secondary N) is 3. The van der Waals surface area contributed by atoms with Gasteiger partial charge in [0.2, 0.25) is 23.6 Å². The molecule has 14 nitrogen and oxygen atoms in total. The Morgan fingerprint density at radius 1 is 0.926 bits per heavy atom. The molecule has 2 unspecified atom stereocenters. The number of hydrogen-bond donors (Lipinski definition) is 4. The Balaban J connectivity index is 2.28. The van der Waals surface area contributed by atoms with Gasteiger partial charge in [0.05, 0.1) is 49.8 Å². The number of aliphatic carboxylic acids is 1. The number of carboxylic acids is 1. The highest BCUT2D eigenvalue weighted by molar-refractivity contribution is 5.90. The number of carbonyl (C=O) groups is 5. The average molecular weight is 762 g/mol. The fourth-order valence-electron chi connectivity index (χ4n) is 7.64. The fourth-order valence-corrected chi connectivity index (χ4v) is 7.64. The monoisotopic (exact) mass is 761 g/mol. The summed E-state index contributed by atoms with van der Waals surface area (Å²) in [7, 11) is 7.94. The summed E-state index contributed by atoms with van der Waals surface area (Å²) >= 11 is 0. The van der Waals surface area contributed by atoms with E-state index in [-0.39, 0.29) is 48.3 Å². The van der Waals surface area contributed by atoms with Gasteiger partial charge in [0.15, 0.2) is 0 Å². The predicted molar refractivity (Wildman–Crippen MR) is 207 cm³/mol. The van der Waals surface area contributed by atoms with Crippen LogP contribution < -0.4 is 20.7 Å². The largest absolute Gasteiger partial charge is 0.496 e. The van der Waals surface area contributed by atoms with Crippen LogP contribution in [0.3, 0.4) is 0 Å². The standard InChI is InChI=1S/C40H67N5O9/c1-13-25(6)35(44(9)39(49)34(24(4)5)43-38(48)33(41-8)23(2)3)31(53-11)22-32(46)45-20-16-18-29(45)36(54-12)26(7)37(47)42-28(40(50)51)21-27-17-14-15-19-30(27)52-10/h14-15,17,19,23-26,28-29,31,33-36,41H,13,16,18,20-22H2,1-12H3,(H,42,47)(H,43,48)(H,50,51)/t25-,26+,28-,29-,31+,33?,34-,35-,36?/m0/s1. The van der Waals surface area contributed by atoms with Gasteiger partial charge in [-0.2, -0.15) is 0 Å². The van der Waals surface area contributed by atoms with Crippen LogP contribution in [0.2, 0.25) is 0 Å². The molecule has 1 aromatic rings. The summed E-state index contributed by atoms with van der Waals surface area (Å²) in [4.78, 5) is 70.7. The smallest absolute Gasteiger partial charge is 0.326 e. The summed E-state index contributed by atoms with van der Waals surface area (Å²) in [6.07, 6.45) is 0.620. The number of likely N-dealkylation sites (tertiary alicyclic amines) is 1. The van der Waals surface area contributed by atoms with Gasteiger partial charge in [0, 0.05) is 34.2 Å². The van der Waals surface area contributed by atoms with Crippen molar-refractivity contribution in [3.05, 3.63) is 29.8 Å². The molecule has 306 valence electrons. The molecule has 9 atom stereocenters. The van der Waals surface area contributed by atoms with E-state index in [1.165, 1.54) is 21.3 Å². The Kier molecular flexibility index (Phi) is 18.9. The Bertz CT molecular complexity index is 1390. The third-order valence-corrected chi connectivity index (χ3v) is 11.0. The Morgan fingerprint density at radius 3 is 2.07 bits per heavy atom. The van der Waals surface area contributed by atoms with Crippen molar-refractivity contribution in [2.45, 2.75) is 123 Å². The highest BCUT2D eigenvalue weighted by Crippen LogP contribution is 2.30. The van der Waals surface area contributed by atoms with E-state index in [9.17, 15) is 29.1 Å². The molecule has 0 spiro atoms. The minimum atomic E-state index is -1.21. The average Bonchev–Trinajstić information content (AvgIpc) is 3.62. The van der Waals surface area contributed by atoms with Crippen LogP contribution in [-0.4, -0.2) is 129 Å². The number of rotatable bonds is 22. The van der Waals surface area contributed by atoms with Crippen molar-refractivity contribution in [2.24, 2.45) is 23.7 Å². The SMILES string of the molecule is CC[C@H](C)[C@@H]([C@@H](CC(=O)N1CCC[C@H]1C(OC)[C@@H](C)C(=O)N[C@@H](Cc1ccccc1OC)C(=O)O)OC)N(C)C(=O)[C@@H](NC(=O)C(NC)C(C)C)C(C)C. The van der Waals surface area contributed by atoms with E-state index in [2.05, 4.69) is 16.0 Å². The number of carboxylic acid groups (broad SMARTS) is 1.